The number of fused-ring (bicyclic) bond motifs is 1. The number of allylic oxidation sites excluding steroid dienone is 1. The molecular weight excluding hydrogens is 308 g/mol. The highest BCUT2D eigenvalue weighted by molar-refractivity contribution is 5.97. The molecule has 0 aliphatic carbocycles. The molecule has 0 bridgehead atoms. The maximum absolute atomic E-state index is 12.6. The van der Waals surface area contributed by atoms with Crippen LogP contribution in [0, 0.1) is 0 Å². The van der Waals surface area contributed by atoms with Gasteiger partial charge in [0, 0.05) is 18.9 Å². The average Bonchev–Trinajstić information content (AvgIpc) is 2.58. The molecule has 1 aliphatic rings. The second-order valence-corrected chi connectivity index (χ2v) is 5.88. The summed E-state index contributed by atoms with van der Waals surface area (Å²) in [5, 5.41) is 0. The van der Waals surface area contributed by atoms with Crippen LogP contribution < -0.4 is 9.47 Å². The van der Waals surface area contributed by atoms with Crippen molar-refractivity contribution in [3.8, 4) is 11.5 Å². The van der Waals surface area contributed by atoms with Gasteiger partial charge in [-0.05, 0) is 37.8 Å². The number of ether oxygens (including phenoxy) is 3. The number of hydrogen-bond acceptors (Lipinski definition) is 5. The van der Waals surface area contributed by atoms with Gasteiger partial charge in [-0.1, -0.05) is 12.2 Å². The molecule has 1 heterocycles. The third kappa shape index (κ3) is 4.60. The summed E-state index contributed by atoms with van der Waals surface area (Å²) in [7, 11) is 3.08. The van der Waals surface area contributed by atoms with Crippen molar-refractivity contribution < 1.29 is 23.8 Å². The largest absolute Gasteiger partial charge is 0.497 e. The van der Waals surface area contributed by atoms with Gasteiger partial charge in [-0.25, -0.2) is 4.79 Å². The monoisotopic (exact) mass is 332 g/mol. The molecule has 0 N–H and O–H groups in total. The van der Waals surface area contributed by atoms with Crippen LogP contribution in [0.4, 0.5) is 0 Å². The van der Waals surface area contributed by atoms with Crippen LogP contribution in [-0.4, -0.2) is 32.1 Å². The number of cyclic esters (lactones) is 1. The lowest BCUT2D eigenvalue weighted by molar-refractivity contribution is -0.119. The first-order chi connectivity index (χ1) is 11.5. The van der Waals surface area contributed by atoms with E-state index in [9.17, 15) is 9.59 Å². The fourth-order valence-corrected chi connectivity index (χ4v) is 2.66. The van der Waals surface area contributed by atoms with Gasteiger partial charge >= 0.3 is 5.97 Å². The van der Waals surface area contributed by atoms with Crippen LogP contribution in [0.2, 0.25) is 0 Å². The molecule has 1 aliphatic heterocycles. The molecule has 130 valence electrons. The normalized spacial score (nSPS) is 20.7. The maximum atomic E-state index is 12.6. The summed E-state index contributed by atoms with van der Waals surface area (Å²) in [6.07, 6.45) is 6.58. The summed E-state index contributed by atoms with van der Waals surface area (Å²) in [4.78, 5) is 24.4. The minimum Gasteiger partial charge on any atom is -0.497 e. The van der Waals surface area contributed by atoms with Crippen LogP contribution in [-0.2, 0) is 9.53 Å². The molecule has 0 radical (unpaired) electrons. The molecule has 5 nitrogen and oxygen atoms in total. The molecule has 2 rings (SSSR count). The average molecular weight is 332 g/mol. The third-order valence-electron chi connectivity index (χ3n) is 4.03. The standard InChI is InChI=1S/C19H24O5/c1-13-9-10-15(20)8-6-4-5-7-14-11-16(22-2)12-17(23-3)18(14)19(21)24-13/h5,7,11-13H,4,6,8-10H2,1-3H3/b7-5+. The molecule has 0 fully saturated rings. The maximum Gasteiger partial charge on any atom is 0.342 e. The van der Waals surface area contributed by atoms with Gasteiger partial charge in [0.25, 0.3) is 0 Å². The Morgan fingerprint density at radius 3 is 2.62 bits per heavy atom. The SMILES string of the molecule is COc1cc2c(c(OC)c1)C(=O)OC(C)CCC(=O)CCC/C=C/2. The van der Waals surface area contributed by atoms with E-state index in [-0.39, 0.29) is 11.9 Å². The number of hydrogen-bond donors (Lipinski definition) is 0. The Balaban J connectivity index is 2.42. The molecule has 0 saturated heterocycles. The Labute approximate surface area is 142 Å². The number of carbonyl (C=O) groups is 2. The fourth-order valence-electron chi connectivity index (χ4n) is 2.66. The van der Waals surface area contributed by atoms with E-state index in [0.29, 0.717) is 41.9 Å². The molecule has 0 spiro atoms. The van der Waals surface area contributed by atoms with E-state index in [2.05, 4.69) is 0 Å². The topological polar surface area (TPSA) is 61.8 Å². The van der Waals surface area contributed by atoms with Gasteiger partial charge in [0.05, 0.1) is 20.3 Å². The van der Waals surface area contributed by atoms with Gasteiger partial charge in [-0.2, -0.15) is 0 Å². The van der Waals surface area contributed by atoms with Crippen LogP contribution in [0.1, 0.15) is 54.9 Å². The molecule has 0 amide bonds. The second kappa shape index (κ2) is 8.52. The van der Waals surface area contributed by atoms with Crippen molar-refractivity contribution in [3.05, 3.63) is 29.3 Å². The van der Waals surface area contributed by atoms with Crippen molar-refractivity contribution in [2.24, 2.45) is 0 Å². The predicted molar refractivity (Wildman–Crippen MR) is 91.5 cm³/mol. The van der Waals surface area contributed by atoms with Crippen molar-refractivity contribution >= 4 is 17.8 Å². The van der Waals surface area contributed by atoms with Crippen molar-refractivity contribution in [2.75, 3.05) is 14.2 Å². The molecule has 1 aromatic carbocycles. The molecule has 24 heavy (non-hydrogen) atoms. The zero-order chi connectivity index (χ0) is 17.5. The Hall–Kier alpha value is -2.30. The van der Waals surface area contributed by atoms with Gasteiger partial charge in [-0.3, -0.25) is 4.79 Å². The molecule has 5 heteroatoms. The van der Waals surface area contributed by atoms with Crippen LogP contribution >= 0.6 is 0 Å². The zero-order valence-corrected chi connectivity index (χ0v) is 14.5. The number of rotatable bonds is 2. The fraction of sp³-hybridized carbons (Fsp3) is 0.474. The molecule has 1 unspecified atom stereocenters. The van der Waals surface area contributed by atoms with Gasteiger partial charge in [-0.15, -0.1) is 0 Å². The minimum absolute atomic E-state index is 0.210. The quantitative estimate of drug-likeness (QED) is 0.771. The Kier molecular flexibility index (Phi) is 6.41. The van der Waals surface area contributed by atoms with E-state index in [4.69, 9.17) is 14.2 Å². The lowest BCUT2D eigenvalue weighted by atomic mass is 10.0. The van der Waals surface area contributed by atoms with E-state index in [0.717, 1.165) is 12.8 Å². The zero-order valence-electron chi connectivity index (χ0n) is 14.5. The minimum atomic E-state index is -0.451. The summed E-state index contributed by atoms with van der Waals surface area (Å²) < 4.78 is 16.1. The summed E-state index contributed by atoms with van der Waals surface area (Å²) in [6, 6.07) is 3.45. The van der Waals surface area contributed by atoms with E-state index in [1.54, 1.807) is 26.2 Å². The van der Waals surface area contributed by atoms with Crippen LogP contribution in [0.3, 0.4) is 0 Å². The van der Waals surface area contributed by atoms with Gasteiger partial charge in [0.2, 0.25) is 0 Å². The third-order valence-corrected chi connectivity index (χ3v) is 4.03. The van der Waals surface area contributed by atoms with E-state index in [1.165, 1.54) is 7.11 Å². The predicted octanol–water partition coefficient (Wildman–Crippen LogP) is 3.80. The molecule has 1 atom stereocenters. The molecule has 0 saturated carbocycles. The summed E-state index contributed by atoms with van der Waals surface area (Å²) >= 11 is 0. The second-order valence-electron chi connectivity index (χ2n) is 5.88. The number of benzene rings is 1. The number of ketones is 1. The highest BCUT2D eigenvalue weighted by atomic mass is 16.5. The highest BCUT2D eigenvalue weighted by Gasteiger charge is 2.22. The summed E-state index contributed by atoms with van der Waals surface area (Å²) in [6.45, 7) is 1.80. The van der Waals surface area contributed by atoms with Crippen LogP contribution in [0.5, 0.6) is 11.5 Å². The molecular formula is C19H24O5. The van der Waals surface area contributed by atoms with Gasteiger partial charge in [0.15, 0.2) is 0 Å². The number of carbonyl (C=O) groups excluding carboxylic acids is 2. The van der Waals surface area contributed by atoms with E-state index in [1.807, 2.05) is 12.2 Å². The van der Waals surface area contributed by atoms with Crippen LogP contribution in [0.15, 0.2) is 18.2 Å². The van der Waals surface area contributed by atoms with Crippen molar-refractivity contribution in [1.82, 2.24) is 0 Å². The Bertz CT molecular complexity index is 633. The number of methoxy groups -OCH3 is 2. The Morgan fingerprint density at radius 1 is 1.12 bits per heavy atom. The number of esters is 1. The first-order valence-corrected chi connectivity index (χ1v) is 8.20. The first kappa shape index (κ1) is 18.0. The lowest BCUT2D eigenvalue weighted by Crippen LogP contribution is -2.18. The van der Waals surface area contributed by atoms with Crippen molar-refractivity contribution in [1.29, 1.82) is 0 Å². The first-order valence-electron chi connectivity index (χ1n) is 8.20. The van der Waals surface area contributed by atoms with Crippen molar-refractivity contribution in [3.63, 3.8) is 0 Å². The van der Waals surface area contributed by atoms with Gasteiger partial charge in [0.1, 0.15) is 22.8 Å². The highest BCUT2D eigenvalue weighted by Crippen LogP contribution is 2.31. The van der Waals surface area contributed by atoms with Crippen molar-refractivity contribution in [2.45, 2.75) is 45.1 Å². The number of Topliss-reactive ketones (excluding diaryl/α,β-unsaturated/α-hetero) is 1. The van der Waals surface area contributed by atoms with Crippen LogP contribution in [0.25, 0.3) is 6.08 Å². The van der Waals surface area contributed by atoms with Gasteiger partial charge < -0.3 is 14.2 Å². The Morgan fingerprint density at radius 2 is 1.92 bits per heavy atom. The summed E-state index contributed by atoms with van der Waals surface area (Å²) in [5.74, 6) is 0.781. The van der Waals surface area contributed by atoms with E-state index < -0.39 is 5.97 Å². The molecule has 1 aromatic rings. The lowest BCUT2D eigenvalue weighted by Gasteiger charge is -2.16. The smallest absolute Gasteiger partial charge is 0.342 e. The summed E-state index contributed by atoms with van der Waals surface area (Å²) in [5.41, 5.74) is 1.07. The van der Waals surface area contributed by atoms with E-state index >= 15 is 0 Å². The molecule has 0 aromatic heterocycles.